The molecule has 1 aromatic heterocycles. The Kier molecular flexibility index (Phi) is 1.52. The van der Waals surface area contributed by atoms with Crippen LogP contribution >= 0.6 is 0 Å². The molecule has 0 saturated heterocycles. The molecule has 1 spiro atoms. The first kappa shape index (κ1) is 7.60. The van der Waals surface area contributed by atoms with Gasteiger partial charge in [0.15, 0.2) is 0 Å². The van der Waals surface area contributed by atoms with Crippen molar-refractivity contribution in [1.82, 2.24) is 9.55 Å². The van der Waals surface area contributed by atoms with Crippen LogP contribution in [0.5, 0.6) is 0 Å². The monoisotopic (exact) mass is 176 g/mol. The minimum atomic E-state index is 0.613. The van der Waals surface area contributed by atoms with Crippen LogP contribution in [0.25, 0.3) is 0 Å². The molecule has 2 aliphatic rings. The molecule has 1 fully saturated rings. The van der Waals surface area contributed by atoms with Gasteiger partial charge in [-0.15, -0.1) is 0 Å². The van der Waals surface area contributed by atoms with Gasteiger partial charge in [0.25, 0.3) is 0 Å². The Morgan fingerprint density at radius 3 is 2.85 bits per heavy atom. The van der Waals surface area contributed by atoms with E-state index in [-0.39, 0.29) is 0 Å². The van der Waals surface area contributed by atoms with E-state index in [9.17, 15) is 0 Å². The van der Waals surface area contributed by atoms with Crippen molar-refractivity contribution in [2.45, 2.75) is 45.1 Å². The molecular weight excluding hydrogens is 160 g/mol. The summed E-state index contributed by atoms with van der Waals surface area (Å²) in [5.74, 6) is 1.32. The molecule has 0 aromatic carbocycles. The largest absolute Gasteiger partial charge is 0.334 e. The van der Waals surface area contributed by atoms with Crippen LogP contribution in [0.4, 0.5) is 0 Å². The second-order valence-electron chi connectivity index (χ2n) is 4.71. The fraction of sp³-hybridized carbons (Fsp3) is 0.727. The van der Waals surface area contributed by atoms with E-state index in [1.165, 1.54) is 50.9 Å². The zero-order valence-corrected chi connectivity index (χ0v) is 8.00. The molecule has 0 unspecified atom stereocenters. The summed E-state index contributed by atoms with van der Waals surface area (Å²) in [6.45, 7) is 1.24. The number of fused-ring (bicyclic) bond motifs is 1. The van der Waals surface area contributed by atoms with Crippen molar-refractivity contribution in [1.29, 1.82) is 0 Å². The van der Waals surface area contributed by atoms with Gasteiger partial charge in [-0.1, -0.05) is 19.3 Å². The topological polar surface area (TPSA) is 17.8 Å². The number of nitrogens with zero attached hydrogens (tertiary/aromatic N) is 2. The van der Waals surface area contributed by atoms with Crippen molar-refractivity contribution >= 4 is 0 Å². The van der Waals surface area contributed by atoms with Crippen LogP contribution in [0.15, 0.2) is 12.4 Å². The van der Waals surface area contributed by atoms with Crippen molar-refractivity contribution in [3.05, 3.63) is 18.2 Å². The second-order valence-corrected chi connectivity index (χ2v) is 4.71. The maximum atomic E-state index is 4.41. The molecule has 0 amide bonds. The van der Waals surface area contributed by atoms with Gasteiger partial charge in [0.1, 0.15) is 5.82 Å². The normalized spacial score (nSPS) is 24.9. The summed E-state index contributed by atoms with van der Waals surface area (Å²) in [7, 11) is 0. The van der Waals surface area contributed by atoms with Gasteiger partial charge in [0.05, 0.1) is 0 Å². The molecule has 3 rings (SSSR count). The fourth-order valence-corrected chi connectivity index (χ4v) is 3.04. The summed E-state index contributed by atoms with van der Waals surface area (Å²) in [6, 6.07) is 0. The van der Waals surface area contributed by atoms with E-state index in [4.69, 9.17) is 0 Å². The summed E-state index contributed by atoms with van der Waals surface area (Å²) in [6.07, 6.45) is 12.5. The SMILES string of the molecule is c1cn2c(n1)CC1(CCCCC1)C2. The fourth-order valence-electron chi connectivity index (χ4n) is 3.04. The molecule has 1 aromatic rings. The first-order chi connectivity index (χ1) is 6.38. The summed E-state index contributed by atoms with van der Waals surface area (Å²) in [5, 5.41) is 0. The molecule has 0 atom stereocenters. The average Bonchev–Trinajstić information content (AvgIpc) is 2.64. The maximum absolute atomic E-state index is 4.41. The summed E-state index contributed by atoms with van der Waals surface area (Å²) in [4.78, 5) is 4.41. The molecule has 0 N–H and O–H groups in total. The number of imidazole rings is 1. The third-order valence-corrected chi connectivity index (χ3v) is 3.75. The molecule has 2 nitrogen and oxygen atoms in total. The lowest BCUT2D eigenvalue weighted by atomic mass is 9.73. The highest BCUT2D eigenvalue weighted by molar-refractivity contribution is 5.06. The van der Waals surface area contributed by atoms with Crippen LogP contribution in [-0.2, 0) is 13.0 Å². The van der Waals surface area contributed by atoms with E-state index in [0.717, 1.165) is 0 Å². The van der Waals surface area contributed by atoms with E-state index in [1.807, 2.05) is 6.20 Å². The summed E-state index contributed by atoms with van der Waals surface area (Å²) in [5.41, 5.74) is 0.613. The van der Waals surface area contributed by atoms with Gasteiger partial charge in [-0.25, -0.2) is 4.98 Å². The summed E-state index contributed by atoms with van der Waals surface area (Å²) >= 11 is 0. The highest BCUT2D eigenvalue weighted by atomic mass is 15.1. The van der Waals surface area contributed by atoms with E-state index in [1.54, 1.807) is 0 Å². The lowest BCUT2D eigenvalue weighted by Crippen LogP contribution is -2.25. The molecule has 13 heavy (non-hydrogen) atoms. The Morgan fingerprint density at radius 2 is 2.08 bits per heavy atom. The molecule has 1 saturated carbocycles. The predicted molar refractivity (Wildman–Crippen MR) is 51.4 cm³/mol. The van der Waals surface area contributed by atoms with Crippen molar-refractivity contribution < 1.29 is 0 Å². The minimum absolute atomic E-state index is 0.613. The first-order valence-electron chi connectivity index (χ1n) is 5.38. The standard InChI is InChI=1S/C11H16N2/c1-2-4-11(5-3-1)8-10-12-6-7-13(10)9-11/h6-7H,1-5,8-9H2. The van der Waals surface area contributed by atoms with Crippen LogP contribution in [-0.4, -0.2) is 9.55 Å². The van der Waals surface area contributed by atoms with Gasteiger partial charge in [-0.2, -0.15) is 0 Å². The molecule has 0 bridgehead atoms. The highest BCUT2D eigenvalue weighted by Gasteiger charge is 2.38. The Morgan fingerprint density at radius 1 is 1.23 bits per heavy atom. The van der Waals surface area contributed by atoms with E-state index in [2.05, 4.69) is 15.7 Å². The second kappa shape index (κ2) is 2.60. The van der Waals surface area contributed by atoms with Gasteiger partial charge in [-0.05, 0) is 18.3 Å². The Bertz CT molecular complexity index is 285. The maximum Gasteiger partial charge on any atom is 0.109 e. The highest BCUT2D eigenvalue weighted by Crippen LogP contribution is 2.43. The Balaban J connectivity index is 1.86. The third kappa shape index (κ3) is 1.11. The number of hydrogen-bond donors (Lipinski definition) is 0. The zero-order valence-electron chi connectivity index (χ0n) is 8.00. The Labute approximate surface area is 79.0 Å². The van der Waals surface area contributed by atoms with Crippen LogP contribution in [0.3, 0.4) is 0 Å². The van der Waals surface area contributed by atoms with Gasteiger partial charge in [0, 0.05) is 25.4 Å². The first-order valence-corrected chi connectivity index (χ1v) is 5.38. The van der Waals surface area contributed by atoms with Crippen LogP contribution in [0.2, 0.25) is 0 Å². The van der Waals surface area contributed by atoms with E-state index >= 15 is 0 Å². The molecular formula is C11H16N2. The third-order valence-electron chi connectivity index (χ3n) is 3.75. The molecule has 0 radical (unpaired) electrons. The lowest BCUT2D eigenvalue weighted by Gasteiger charge is -2.32. The number of aromatic nitrogens is 2. The molecule has 70 valence electrons. The van der Waals surface area contributed by atoms with Crippen molar-refractivity contribution in [3.8, 4) is 0 Å². The molecule has 1 aliphatic carbocycles. The quantitative estimate of drug-likeness (QED) is 0.593. The van der Waals surface area contributed by atoms with Crippen LogP contribution in [0, 0.1) is 5.41 Å². The molecule has 2 heteroatoms. The zero-order chi connectivity index (χ0) is 8.73. The number of rotatable bonds is 0. The van der Waals surface area contributed by atoms with Crippen molar-refractivity contribution in [2.75, 3.05) is 0 Å². The molecule has 2 heterocycles. The van der Waals surface area contributed by atoms with E-state index < -0.39 is 0 Å². The van der Waals surface area contributed by atoms with Gasteiger partial charge >= 0.3 is 0 Å². The lowest BCUT2D eigenvalue weighted by molar-refractivity contribution is 0.186. The average molecular weight is 176 g/mol. The molecule has 1 aliphatic heterocycles. The summed E-state index contributed by atoms with van der Waals surface area (Å²) < 4.78 is 2.35. The van der Waals surface area contributed by atoms with Gasteiger partial charge < -0.3 is 4.57 Å². The Hall–Kier alpha value is -0.790. The van der Waals surface area contributed by atoms with Gasteiger partial charge in [-0.3, -0.25) is 0 Å². The van der Waals surface area contributed by atoms with E-state index in [0.29, 0.717) is 5.41 Å². The smallest absolute Gasteiger partial charge is 0.109 e. The number of hydrogen-bond acceptors (Lipinski definition) is 1. The van der Waals surface area contributed by atoms with Crippen LogP contribution < -0.4 is 0 Å². The van der Waals surface area contributed by atoms with Crippen LogP contribution in [0.1, 0.15) is 37.9 Å². The minimum Gasteiger partial charge on any atom is -0.334 e. The van der Waals surface area contributed by atoms with Gasteiger partial charge in [0.2, 0.25) is 0 Å². The van der Waals surface area contributed by atoms with Crippen molar-refractivity contribution in [3.63, 3.8) is 0 Å². The predicted octanol–water partition coefficient (Wildman–Crippen LogP) is 2.39. The van der Waals surface area contributed by atoms with Crippen molar-refractivity contribution in [2.24, 2.45) is 5.41 Å².